The van der Waals surface area contributed by atoms with Gasteiger partial charge < -0.3 is 30.3 Å². The maximum atomic E-state index is 12.6. The molecule has 0 aromatic rings. The highest BCUT2D eigenvalue weighted by atomic mass is 31.2. The smallest absolute Gasteiger partial charge is 0.472 e. The van der Waals surface area contributed by atoms with Crippen molar-refractivity contribution in [2.24, 2.45) is 5.73 Å². The van der Waals surface area contributed by atoms with Crippen LogP contribution in [0, 0.1) is 0 Å². The summed E-state index contributed by atoms with van der Waals surface area (Å²) < 4.78 is 32.6. The van der Waals surface area contributed by atoms with E-state index in [4.69, 9.17) is 24.8 Å². The standard InChI is InChI=1S/C42H74NO11P/c1-3-5-7-8-9-10-11-12-13-14-15-18-22-25-29-33-41(46)54-38(35-52-55(49,50)53-36-39(43)42(47)48)34-51-40(45)32-28-24-21-19-16-17-20-23-27-31-37(44)30-26-6-4-2/h6,12-13,20,23,26-27,31,37-39,44H,3-5,7-11,14-19,21-22,24-25,28-30,32-36,43H2,1-2H3,(H,47,48)(H,49,50)/b13-12-,23-20+,26-6+,31-27+/t37?,38-,39+/m1/s1. The average molecular weight is 800 g/mol. The van der Waals surface area contributed by atoms with Gasteiger partial charge in [0.15, 0.2) is 6.10 Å². The third-order valence-electron chi connectivity index (χ3n) is 8.64. The maximum absolute atomic E-state index is 12.6. The van der Waals surface area contributed by atoms with E-state index in [1.54, 1.807) is 6.08 Å². The molecule has 0 aliphatic carbocycles. The Morgan fingerprint density at radius 2 is 1.18 bits per heavy atom. The van der Waals surface area contributed by atoms with Crippen molar-refractivity contribution in [3.05, 3.63) is 48.6 Å². The highest BCUT2D eigenvalue weighted by Gasteiger charge is 2.28. The Bertz CT molecular complexity index is 1140. The molecule has 0 saturated carbocycles. The number of aliphatic carboxylic acids is 1. The molecule has 0 spiro atoms. The lowest BCUT2D eigenvalue weighted by Gasteiger charge is -2.20. The summed E-state index contributed by atoms with van der Waals surface area (Å²) in [5.74, 6) is -2.46. The molecule has 2 unspecified atom stereocenters. The third kappa shape index (κ3) is 36.8. The lowest BCUT2D eigenvalue weighted by Crippen LogP contribution is -2.34. The fraction of sp³-hybridized carbons (Fsp3) is 0.738. The molecular formula is C42H74NO11P. The first kappa shape index (κ1) is 52.4. The number of carboxylic acids is 1. The number of allylic oxidation sites excluding steroid dienone is 6. The number of hydrogen-bond donors (Lipinski definition) is 4. The SMILES string of the molecule is CC/C=C/CC(O)/C=C/C=C/CCCCCCCC(=O)OC[C@H](COP(=O)(O)OC[C@H](N)C(=O)O)OC(=O)CCCCCCC/C=C\CCCCCCCC. The van der Waals surface area contributed by atoms with Gasteiger partial charge in [0.05, 0.1) is 19.3 Å². The predicted octanol–water partition coefficient (Wildman–Crippen LogP) is 9.58. The number of carbonyl (C=O) groups excluding carboxylic acids is 2. The normalized spacial score (nSPS) is 14.9. The van der Waals surface area contributed by atoms with Crippen molar-refractivity contribution in [2.75, 3.05) is 19.8 Å². The lowest BCUT2D eigenvalue weighted by molar-refractivity contribution is -0.161. The number of rotatable bonds is 38. The van der Waals surface area contributed by atoms with Crippen molar-refractivity contribution in [3.63, 3.8) is 0 Å². The number of carboxylic acid groups (broad SMARTS) is 1. The maximum Gasteiger partial charge on any atom is 0.472 e. The van der Waals surface area contributed by atoms with Crippen LogP contribution in [0.5, 0.6) is 0 Å². The van der Waals surface area contributed by atoms with E-state index in [0.29, 0.717) is 19.3 Å². The van der Waals surface area contributed by atoms with Gasteiger partial charge in [-0.3, -0.25) is 23.4 Å². The number of esters is 2. The summed E-state index contributed by atoms with van der Waals surface area (Å²) in [4.78, 5) is 45.9. The van der Waals surface area contributed by atoms with Crippen LogP contribution in [-0.4, -0.2) is 71.1 Å². The highest BCUT2D eigenvalue weighted by molar-refractivity contribution is 7.47. The van der Waals surface area contributed by atoms with Crippen LogP contribution in [0.15, 0.2) is 48.6 Å². The van der Waals surface area contributed by atoms with Crippen LogP contribution < -0.4 is 5.73 Å². The highest BCUT2D eigenvalue weighted by Crippen LogP contribution is 2.43. The second kappa shape index (κ2) is 37.0. The van der Waals surface area contributed by atoms with Crippen molar-refractivity contribution >= 4 is 25.7 Å². The number of ether oxygens (including phenoxy) is 2. The number of phosphoric acid groups is 1. The summed E-state index contributed by atoms with van der Waals surface area (Å²) in [6.07, 6.45) is 36.5. The van der Waals surface area contributed by atoms with Crippen LogP contribution >= 0.6 is 7.82 Å². The van der Waals surface area contributed by atoms with Crippen LogP contribution in [0.25, 0.3) is 0 Å². The first-order valence-electron chi connectivity index (χ1n) is 20.8. The minimum Gasteiger partial charge on any atom is -0.480 e. The predicted molar refractivity (Wildman–Crippen MR) is 218 cm³/mol. The second-order valence-electron chi connectivity index (χ2n) is 13.9. The molecule has 0 rings (SSSR count). The van der Waals surface area contributed by atoms with Crippen LogP contribution in [0.4, 0.5) is 0 Å². The van der Waals surface area contributed by atoms with Crippen molar-refractivity contribution in [2.45, 2.75) is 180 Å². The summed E-state index contributed by atoms with van der Waals surface area (Å²) in [5.41, 5.74) is 5.32. The molecule has 0 radical (unpaired) electrons. The van der Waals surface area contributed by atoms with Gasteiger partial charge >= 0.3 is 25.7 Å². The molecule has 0 aliphatic heterocycles. The molecule has 13 heteroatoms. The Labute approximate surface area is 331 Å². The van der Waals surface area contributed by atoms with Crippen LogP contribution in [0.1, 0.15) is 162 Å². The van der Waals surface area contributed by atoms with Gasteiger partial charge in [0, 0.05) is 12.8 Å². The Kier molecular flexibility index (Phi) is 35.3. The topological polar surface area (TPSA) is 192 Å². The van der Waals surface area contributed by atoms with E-state index in [1.165, 1.54) is 38.5 Å². The molecule has 0 fully saturated rings. The van der Waals surface area contributed by atoms with Gasteiger partial charge in [-0.1, -0.05) is 133 Å². The van der Waals surface area contributed by atoms with E-state index in [1.807, 2.05) is 24.3 Å². The monoisotopic (exact) mass is 799 g/mol. The van der Waals surface area contributed by atoms with E-state index in [-0.39, 0.29) is 19.4 Å². The molecule has 0 aromatic carbocycles. The number of hydrogen-bond acceptors (Lipinski definition) is 10. The molecule has 0 aromatic heterocycles. The summed E-state index contributed by atoms with van der Waals surface area (Å²) >= 11 is 0. The summed E-state index contributed by atoms with van der Waals surface area (Å²) in [5, 5.41) is 18.7. The van der Waals surface area contributed by atoms with Crippen LogP contribution in [0.2, 0.25) is 0 Å². The van der Waals surface area contributed by atoms with Crippen molar-refractivity contribution in [3.8, 4) is 0 Å². The molecule has 12 nitrogen and oxygen atoms in total. The number of aliphatic hydroxyl groups is 1. The van der Waals surface area contributed by atoms with Gasteiger partial charge in [0.25, 0.3) is 0 Å². The Morgan fingerprint density at radius 1 is 0.655 bits per heavy atom. The molecule has 318 valence electrons. The molecule has 0 heterocycles. The molecule has 4 atom stereocenters. The molecule has 0 aliphatic rings. The minimum absolute atomic E-state index is 0.135. The van der Waals surface area contributed by atoms with Gasteiger partial charge in [-0.05, 0) is 64.2 Å². The Hall–Kier alpha value is -2.60. The molecule has 55 heavy (non-hydrogen) atoms. The van der Waals surface area contributed by atoms with Gasteiger partial charge in [0.2, 0.25) is 0 Å². The summed E-state index contributed by atoms with van der Waals surface area (Å²) in [6, 6.07) is -1.53. The first-order chi connectivity index (χ1) is 26.5. The van der Waals surface area contributed by atoms with E-state index in [0.717, 1.165) is 77.0 Å². The van der Waals surface area contributed by atoms with Crippen LogP contribution in [-0.2, 0) is 37.5 Å². The molecule has 0 saturated heterocycles. The van der Waals surface area contributed by atoms with Crippen molar-refractivity contribution in [1.29, 1.82) is 0 Å². The van der Waals surface area contributed by atoms with Crippen molar-refractivity contribution in [1.82, 2.24) is 0 Å². The Morgan fingerprint density at radius 3 is 1.76 bits per heavy atom. The largest absolute Gasteiger partial charge is 0.480 e. The minimum atomic E-state index is -4.73. The van der Waals surface area contributed by atoms with E-state index < -0.39 is 57.2 Å². The first-order valence-corrected chi connectivity index (χ1v) is 22.3. The van der Waals surface area contributed by atoms with E-state index >= 15 is 0 Å². The summed E-state index contributed by atoms with van der Waals surface area (Å²) in [6.45, 7) is 2.53. The lowest BCUT2D eigenvalue weighted by atomic mass is 10.1. The van der Waals surface area contributed by atoms with Gasteiger partial charge in [-0.2, -0.15) is 0 Å². The van der Waals surface area contributed by atoms with Gasteiger partial charge in [-0.15, -0.1) is 0 Å². The Balaban J connectivity index is 4.48. The summed E-state index contributed by atoms with van der Waals surface area (Å²) in [7, 11) is -4.73. The average Bonchev–Trinajstić information content (AvgIpc) is 3.15. The fourth-order valence-corrected chi connectivity index (χ4v) is 6.11. The molecule has 0 bridgehead atoms. The number of carbonyl (C=O) groups is 3. The zero-order valence-corrected chi connectivity index (χ0v) is 34.8. The van der Waals surface area contributed by atoms with Gasteiger partial charge in [0.1, 0.15) is 12.6 Å². The number of nitrogens with two attached hydrogens (primary N) is 1. The van der Waals surface area contributed by atoms with Gasteiger partial charge in [-0.25, -0.2) is 4.57 Å². The molecule has 0 amide bonds. The quantitative estimate of drug-likeness (QED) is 0.0152. The fourth-order valence-electron chi connectivity index (χ4n) is 5.33. The van der Waals surface area contributed by atoms with Crippen molar-refractivity contribution < 1.29 is 52.6 Å². The van der Waals surface area contributed by atoms with E-state index in [2.05, 4.69) is 36.6 Å². The zero-order valence-electron chi connectivity index (χ0n) is 33.9. The van der Waals surface area contributed by atoms with Crippen LogP contribution in [0.3, 0.4) is 0 Å². The third-order valence-corrected chi connectivity index (χ3v) is 9.59. The molecule has 5 N–H and O–H groups in total. The number of phosphoric ester groups is 1. The number of unbranched alkanes of at least 4 members (excludes halogenated alkanes) is 16. The second-order valence-corrected chi connectivity index (χ2v) is 15.4. The number of aliphatic hydroxyl groups excluding tert-OH is 1. The molecular weight excluding hydrogens is 725 g/mol. The zero-order chi connectivity index (χ0) is 40.8. The van der Waals surface area contributed by atoms with E-state index in [9.17, 15) is 28.9 Å².